The highest BCUT2D eigenvalue weighted by molar-refractivity contribution is 7.84. The first-order valence-corrected chi connectivity index (χ1v) is 7.76. The fourth-order valence-electron chi connectivity index (χ4n) is 1.31. The number of carbonyl (C=O) groups is 1. The third-order valence-corrected chi connectivity index (χ3v) is 5.16. The molecular formula is C12H20N2O2S2. The maximum absolute atomic E-state index is 12.0. The summed E-state index contributed by atoms with van der Waals surface area (Å²) in [5.41, 5.74) is 6.06. The Balaban J connectivity index is 2.67. The highest BCUT2D eigenvalue weighted by atomic mass is 32.2. The van der Waals surface area contributed by atoms with Crippen LogP contribution in [0.25, 0.3) is 0 Å². The highest BCUT2D eigenvalue weighted by Crippen LogP contribution is 2.24. The Morgan fingerprint density at radius 2 is 2.17 bits per heavy atom. The van der Waals surface area contributed by atoms with E-state index in [1.54, 1.807) is 11.3 Å². The summed E-state index contributed by atoms with van der Waals surface area (Å²) in [6, 6.07) is 1.93. The van der Waals surface area contributed by atoms with Crippen molar-refractivity contribution in [3.05, 3.63) is 21.9 Å². The van der Waals surface area contributed by atoms with E-state index in [2.05, 4.69) is 4.72 Å². The number of hydrogen-bond acceptors (Lipinski definition) is 3. The Kier molecular flexibility index (Phi) is 5.07. The largest absolute Gasteiger partial charge is 0.369 e. The average molecular weight is 288 g/mol. The van der Waals surface area contributed by atoms with Crippen LogP contribution in [-0.4, -0.2) is 14.9 Å². The third-order valence-electron chi connectivity index (χ3n) is 2.32. The minimum atomic E-state index is -1.10. The van der Waals surface area contributed by atoms with Crippen molar-refractivity contribution in [1.29, 1.82) is 0 Å². The lowest BCUT2D eigenvalue weighted by Crippen LogP contribution is -2.34. The molecule has 0 saturated heterocycles. The van der Waals surface area contributed by atoms with Crippen molar-refractivity contribution >= 4 is 28.2 Å². The summed E-state index contributed by atoms with van der Waals surface area (Å²) in [7, 11) is -1.10. The molecule has 2 atom stereocenters. The number of nitrogens with one attached hydrogen (secondary N) is 1. The molecule has 0 aromatic carbocycles. The number of primary amides is 1. The Labute approximate surface area is 115 Å². The highest BCUT2D eigenvalue weighted by Gasteiger charge is 2.22. The van der Waals surface area contributed by atoms with Crippen LogP contribution in [0.1, 0.15) is 44.2 Å². The van der Waals surface area contributed by atoms with E-state index < -0.39 is 11.0 Å². The van der Waals surface area contributed by atoms with Crippen LogP contribution in [0.2, 0.25) is 0 Å². The fraction of sp³-hybridized carbons (Fsp3) is 0.583. The van der Waals surface area contributed by atoms with Gasteiger partial charge in [0, 0.05) is 4.88 Å². The standard InChI is InChI=1S/C12H20N2O2S2/c1-8(14-18(16)12(2,3)4)10-5-9(7-17-10)6-11(13)15/h5,7-8,14H,6H2,1-4H3,(H2,13,15). The Morgan fingerprint density at radius 3 is 2.67 bits per heavy atom. The van der Waals surface area contributed by atoms with Gasteiger partial charge >= 0.3 is 0 Å². The van der Waals surface area contributed by atoms with Gasteiger partial charge < -0.3 is 5.73 Å². The van der Waals surface area contributed by atoms with Gasteiger partial charge in [0.1, 0.15) is 0 Å². The van der Waals surface area contributed by atoms with E-state index in [1.807, 2.05) is 39.1 Å². The molecule has 0 aliphatic carbocycles. The van der Waals surface area contributed by atoms with E-state index in [-0.39, 0.29) is 23.1 Å². The Morgan fingerprint density at radius 1 is 1.56 bits per heavy atom. The van der Waals surface area contributed by atoms with Gasteiger partial charge in [-0.2, -0.15) is 0 Å². The fourth-order valence-corrected chi connectivity index (χ4v) is 3.11. The van der Waals surface area contributed by atoms with Crippen LogP contribution in [-0.2, 0) is 22.2 Å². The van der Waals surface area contributed by atoms with E-state index in [1.165, 1.54) is 0 Å². The number of carbonyl (C=O) groups excluding carboxylic acids is 1. The van der Waals surface area contributed by atoms with Crippen LogP contribution >= 0.6 is 11.3 Å². The van der Waals surface area contributed by atoms with E-state index >= 15 is 0 Å². The van der Waals surface area contributed by atoms with Gasteiger partial charge in [0.15, 0.2) is 0 Å². The van der Waals surface area contributed by atoms with E-state index in [4.69, 9.17) is 5.73 Å². The second-order valence-corrected chi connectivity index (χ2v) is 8.16. The number of hydrogen-bond donors (Lipinski definition) is 2. The molecule has 1 aromatic rings. The minimum Gasteiger partial charge on any atom is -0.369 e. The molecule has 0 aliphatic rings. The van der Waals surface area contributed by atoms with Gasteiger partial charge in [-0.05, 0) is 44.7 Å². The van der Waals surface area contributed by atoms with Gasteiger partial charge in [-0.1, -0.05) is 0 Å². The lowest BCUT2D eigenvalue weighted by Gasteiger charge is -2.21. The van der Waals surface area contributed by atoms with Gasteiger partial charge in [0.2, 0.25) is 5.91 Å². The average Bonchev–Trinajstić information content (AvgIpc) is 2.63. The molecule has 3 N–H and O–H groups in total. The normalized spacial score (nSPS) is 15.3. The first-order valence-electron chi connectivity index (χ1n) is 5.74. The maximum atomic E-state index is 12.0. The van der Waals surface area contributed by atoms with Crippen LogP contribution < -0.4 is 10.5 Å². The van der Waals surface area contributed by atoms with Gasteiger partial charge in [0.05, 0.1) is 28.2 Å². The number of nitrogens with two attached hydrogens (primary N) is 1. The Hall–Kier alpha value is -0.720. The van der Waals surface area contributed by atoms with Crippen LogP contribution in [0.3, 0.4) is 0 Å². The van der Waals surface area contributed by atoms with E-state index in [9.17, 15) is 9.00 Å². The molecule has 0 aliphatic heterocycles. The third kappa shape index (κ3) is 4.51. The van der Waals surface area contributed by atoms with Crippen molar-refractivity contribution in [2.45, 2.75) is 44.9 Å². The van der Waals surface area contributed by atoms with Crippen LogP contribution in [0.4, 0.5) is 0 Å². The summed E-state index contributed by atoms with van der Waals surface area (Å²) in [6.45, 7) is 7.74. The first kappa shape index (κ1) is 15.3. The molecule has 0 saturated carbocycles. The van der Waals surface area contributed by atoms with Crippen molar-refractivity contribution in [3.8, 4) is 0 Å². The predicted molar refractivity (Wildman–Crippen MR) is 76.7 cm³/mol. The van der Waals surface area contributed by atoms with E-state index in [0.717, 1.165) is 10.4 Å². The summed E-state index contributed by atoms with van der Waals surface area (Å²) in [5, 5.41) is 1.91. The molecule has 0 spiro atoms. The lowest BCUT2D eigenvalue weighted by atomic mass is 10.2. The summed E-state index contributed by atoms with van der Waals surface area (Å²) in [6.07, 6.45) is 0.256. The number of rotatable bonds is 5. The molecule has 6 heteroatoms. The van der Waals surface area contributed by atoms with Crippen LogP contribution in [0.15, 0.2) is 11.4 Å². The van der Waals surface area contributed by atoms with Crippen molar-refractivity contribution < 1.29 is 9.00 Å². The summed E-state index contributed by atoms with van der Waals surface area (Å²) in [4.78, 5) is 11.9. The molecular weight excluding hydrogens is 268 g/mol. The molecule has 102 valence electrons. The second-order valence-electron chi connectivity index (χ2n) is 5.22. The van der Waals surface area contributed by atoms with Gasteiger partial charge in [-0.15, -0.1) is 11.3 Å². The summed E-state index contributed by atoms with van der Waals surface area (Å²) >= 11 is 1.55. The van der Waals surface area contributed by atoms with Gasteiger partial charge in [-0.25, -0.2) is 8.93 Å². The molecule has 0 fully saturated rings. The van der Waals surface area contributed by atoms with Gasteiger partial charge in [0.25, 0.3) is 0 Å². The summed E-state index contributed by atoms with van der Waals surface area (Å²) < 4.78 is 14.7. The SMILES string of the molecule is CC(NS(=O)C(C)(C)C)c1cc(CC(N)=O)cs1. The zero-order valence-corrected chi connectivity index (χ0v) is 12.8. The van der Waals surface area contributed by atoms with Crippen molar-refractivity contribution in [2.24, 2.45) is 5.73 Å². The van der Waals surface area contributed by atoms with Gasteiger partial charge in [-0.3, -0.25) is 4.79 Å². The predicted octanol–water partition coefficient (Wildman–Crippen LogP) is 1.89. The number of thiophene rings is 1. The zero-order valence-electron chi connectivity index (χ0n) is 11.1. The second kappa shape index (κ2) is 5.95. The molecule has 1 amide bonds. The minimum absolute atomic E-state index is 0.00307. The zero-order chi connectivity index (χ0) is 13.9. The Bertz CT molecular complexity index is 449. The first-order chi connectivity index (χ1) is 8.20. The van der Waals surface area contributed by atoms with Crippen molar-refractivity contribution in [2.75, 3.05) is 0 Å². The molecule has 1 heterocycles. The molecule has 4 nitrogen and oxygen atoms in total. The van der Waals surface area contributed by atoms with Crippen LogP contribution in [0, 0.1) is 0 Å². The smallest absolute Gasteiger partial charge is 0.221 e. The molecule has 0 bridgehead atoms. The molecule has 0 radical (unpaired) electrons. The molecule has 1 aromatic heterocycles. The molecule has 18 heavy (non-hydrogen) atoms. The monoisotopic (exact) mass is 288 g/mol. The number of amides is 1. The van der Waals surface area contributed by atoms with Crippen LogP contribution in [0.5, 0.6) is 0 Å². The quantitative estimate of drug-likeness (QED) is 0.868. The maximum Gasteiger partial charge on any atom is 0.221 e. The van der Waals surface area contributed by atoms with Crippen molar-refractivity contribution in [3.63, 3.8) is 0 Å². The summed E-state index contributed by atoms with van der Waals surface area (Å²) in [5.74, 6) is -0.335. The molecule has 1 rings (SSSR count). The van der Waals surface area contributed by atoms with Crippen molar-refractivity contribution in [1.82, 2.24) is 4.72 Å². The lowest BCUT2D eigenvalue weighted by molar-refractivity contribution is -0.117. The van der Waals surface area contributed by atoms with E-state index in [0.29, 0.717) is 0 Å². The topological polar surface area (TPSA) is 72.2 Å². The molecule has 2 unspecified atom stereocenters.